The molecule has 1 saturated carbocycles. The number of carbonyl (C=O) groups is 1. The predicted octanol–water partition coefficient (Wildman–Crippen LogP) is 3.50. The van der Waals surface area contributed by atoms with Gasteiger partial charge in [0, 0.05) is 12.6 Å². The highest BCUT2D eigenvalue weighted by atomic mass is 35.5. The van der Waals surface area contributed by atoms with E-state index in [9.17, 15) is 4.79 Å². The molecule has 0 aliphatic heterocycles. The van der Waals surface area contributed by atoms with Gasteiger partial charge in [0.1, 0.15) is 5.69 Å². The minimum atomic E-state index is 0.151. The second-order valence-corrected chi connectivity index (χ2v) is 4.58. The van der Waals surface area contributed by atoms with Crippen molar-refractivity contribution in [2.75, 3.05) is 0 Å². The minimum Gasteiger partial charge on any atom is -0.292 e. The number of pyridine rings is 1. The highest BCUT2D eigenvalue weighted by Gasteiger charge is 2.19. The lowest BCUT2D eigenvalue weighted by atomic mass is 9.99. The van der Waals surface area contributed by atoms with Gasteiger partial charge in [0.2, 0.25) is 0 Å². The molecule has 3 heteroatoms. The van der Waals surface area contributed by atoms with Crippen LogP contribution in [-0.4, -0.2) is 10.8 Å². The number of nitrogens with zero attached hydrogens (tertiary/aromatic N) is 1. The van der Waals surface area contributed by atoms with E-state index in [1.54, 1.807) is 12.1 Å². The largest absolute Gasteiger partial charge is 0.292 e. The van der Waals surface area contributed by atoms with Crippen molar-refractivity contribution in [1.29, 1.82) is 0 Å². The first kappa shape index (κ1) is 10.6. The van der Waals surface area contributed by atoms with Gasteiger partial charge in [0.15, 0.2) is 5.78 Å². The number of carbonyl (C=O) groups excluding carboxylic acids is 1. The molecule has 2 nitrogen and oxygen atoms in total. The van der Waals surface area contributed by atoms with Crippen molar-refractivity contribution in [2.24, 2.45) is 5.92 Å². The highest BCUT2D eigenvalue weighted by molar-refractivity contribution is 6.30. The van der Waals surface area contributed by atoms with E-state index < -0.39 is 0 Å². The van der Waals surface area contributed by atoms with E-state index in [2.05, 4.69) is 4.98 Å². The molecule has 0 unspecified atom stereocenters. The average Bonchev–Trinajstić information content (AvgIpc) is 2.71. The molecular formula is C12H14ClNO. The minimum absolute atomic E-state index is 0.151. The third-order valence-corrected chi connectivity index (χ3v) is 3.19. The number of Topliss-reactive ketones (excluding diaryl/α,β-unsaturated/α-hetero) is 1. The lowest BCUT2D eigenvalue weighted by Crippen LogP contribution is -2.07. The Morgan fingerprint density at radius 3 is 2.73 bits per heavy atom. The Morgan fingerprint density at radius 2 is 2.13 bits per heavy atom. The maximum absolute atomic E-state index is 11.8. The summed E-state index contributed by atoms with van der Waals surface area (Å²) in [6.45, 7) is 0. The summed E-state index contributed by atoms with van der Waals surface area (Å²) < 4.78 is 0. The van der Waals surface area contributed by atoms with Gasteiger partial charge in [-0.2, -0.15) is 0 Å². The first-order valence-corrected chi connectivity index (χ1v) is 5.78. The van der Waals surface area contributed by atoms with Crippen LogP contribution in [0.2, 0.25) is 5.02 Å². The Balaban J connectivity index is 1.98. The Bertz CT molecular complexity index is 341. The molecule has 0 amide bonds. The van der Waals surface area contributed by atoms with Crippen molar-refractivity contribution in [1.82, 2.24) is 4.98 Å². The van der Waals surface area contributed by atoms with Gasteiger partial charge in [-0.05, 0) is 18.1 Å². The lowest BCUT2D eigenvalue weighted by Gasteiger charge is -2.06. The highest BCUT2D eigenvalue weighted by Crippen LogP contribution is 2.28. The molecule has 0 aromatic carbocycles. The number of hydrogen-bond donors (Lipinski definition) is 0. The van der Waals surface area contributed by atoms with Crippen LogP contribution in [0.15, 0.2) is 18.3 Å². The number of hydrogen-bond acceptors (Lipinski definition) is 2. The van der Waals surface area contributed by atoms with E-state index in [4.69, 9.17) is 11.6 Å². The van der Waals surface area contributed by atoms with Crippen LogP contribution in [0, 0.1) is 5.92 Å². The number of aromatic nitrogens is 1. The predicted molar refractivity (Wildman–Crippen MR) is 60.2 cm³/mol. The van der Waals surface area contributed by atoms with Crippen LogP contribution < -0.4 is 0 Å². The molecule has 1 aliphatic carbocycles. The number of rotatable bonds is 3. The molecule has 1 fully saturated rings. The Labute approximate surface area is 94.7 Å². The smallest absolute Gasteiger partial charge is 0.181 e. The molecule has 2 rings (SSSR count). The topological polar surface area (TPSA) is 30.0 Å². The van der Waals surface area contributed by atoms with Gasteiger partial charge in [-0.15, -0.1) is 0 Å². The number of halogens is 1. The van der Waals surface area contributed by atoms with Gasteiger partial charge in [-0.25, -0.2) is 0 Å². The molecule has 80 valence electrons. The maximum atomic E-state index is 11.8. The monoisotopic (exact) mass is 223 g/mol. The Morgan fingerprint density at radius 1 is 1.40 bits per heavy atom. The van der Waals surface area contributed by atoms with Crippen molar-refractivity contribution < 1.29 is 4.79 Å². The van der Waals surface area contributed by atoms with Gasteiger partial charge >= 0.3 is 0 Å². The van der Waals surface area contributed by atoms with Crippen LogP contribution in [-0.2, 0) is 0 Å². The summed E-state index contributed by atoms with van der Waals surface area (Å²) in [6, 6.07) is 3.43. The zero-order chi connectivity index (χ0) is 10.7. The molecule has 1 heterocycles. The van der Waals surface area contributed by atoms with Crippen LogP contribution in [0.3, 0.4) is 0 Å². The summed E-state index contributed by atoms with van der Waals surface area (Å²) in [5.41, 5.74) is 0.548. The van der Waals surface area contributed by atoms with E-state index in [-0.39, 0.29) is 5.78 Å². The maximum Gasteiger partial charge on any atom is 0.181 e. The standard InChI is InChI=1S/C12H14ClNO/c13-10-5-6-11(14-8-10)12(15)7-9-3-1-2-4-9/h5-6,8-9H,1-4,7H2. The van der Waals surface area contributed by atoms with Gasteiger partial charge in [0.05, 0.1) is 5.02 Å². The third kappa shape index (κ3) is 2.78. The first-order chi connectivity index (χ1) is 7.25. The van der Waals surface area contributed by atoms with Crippen LogP contribution >= 0.6 is 11.6 Å². The fourth-order valence-electron chi connectivity index (χ4n) is 2.12. The van der Waals surface area contributed by atoms with E-state index >= 15 is 0 Å². The molecule has 0 N–H and O–H groups in total. The normalized spacial score (nSPS) is 16.9. The van der Waals surface area contributed by atoms with E-state index in [0.717, 1.165) is 0 Å². The number of ketones is 1. The van der Waals surface area contributed by atoms with Gasteiger partial charge in [-0.1, -0.05) is 37.3 Å². The molecule has 1 aromatic heterocycles. The van der Waals surface area contributed by atoms with Crippen molar-refractivity contribution >= 4 is 17.4 Å². The Kier molecular flexibility index (Phi) is 3.37. The fourth-order valence-corrected chi connectivity index (χ4v) is 2.23. The Hall–Kier alpha value is -0.890. The summed E-state index contributed by atoms with van der Waals surface area (Å²) >= 11 is 5.71. The van der Waals surface area contributed by atoms with Crippen molar-refractivity contribution in [3.63, 3.8) is 0 Å². The van der Waals surface area contributed by atoms with Crippen LogP contribution in [0.1, 0.15) is 42.6 Å². The van der Waals surface area contributed by atoms with Crippen molar-refractivity contribution in [3.8, 4) is 0 Å². The zero-order valence-electron chi connectivity index (χ0n) is 8.58. The second kappa shape index (κ2) is 4.75. The molecule has 0 bridgehead atoms. The van der Waals surface area contributed by atoms with Crippen molar-refractivity contribution in [2.45, 2.75) is 32.1 Å². The molecule has 0 atom stereocenters. The van der Waals surface area contributed by atoms with Crippen LogP contribution in [0.4, 0.5) is 0 Å². The van der Waals surface area contributed by atoms with Gasteiger partial charge in [-0.3, -0.25) is 9.78 Å². The van der Waals surface area contributed by atoms with Crippen LogP contribution in [0.25, 0.3) is 0 Å². The van der Waals surface area contributed by atoms with E-state index in [1.165, 1.54) is 31.9 Å². The lowest BCUT2D eigenvalue weighted by molar-refractivity contribution is 0.0957. The van der Waals surface area contributed by atoms with Gasteiger partial charge in [0.25, 0.3) is 0 Å². The summed E-state index contributed by atoms with van der Waals surface area (Å²) in [5, 5.41) is 0.576. The third-order valence-electron chi connectivity index (χ3n) is 2.96. The fraction of sp³-hybridized carbons (Fsp3) is 0.500. The molecule has 15 heavy (non-hydrogen) atoms. The average molecular weight is 224 g/mol. The summed E-state index contributed by atoms with van der Waals surface area (Å²) in [7, 11) is 0. The second-order valence-electron chi connectivity index (χ2n) is 4.14. The van der Waals surface area contributed by atoms with Crippen LogP contribution in [0.5, 0.6) is 0 Å². The summed E-state index contributed by atoms with van der Waals surface area (Å²) in [6.07, 6.45) is 7.11. The molecule has 0 radical (unpaired) electrons. The van der Waals surface area contributed by atoms with Crippen molar-refractivity contribution in [3.05, 3.63) is 29.0 Å². The summed E-state index contributed by atoms with van der Waals surface area (Å²) in [4.78, 5) is 15.8. The quantitative estimate of drug-likeness (QED) is 0.735. The molecular weight excluding hydrogens is 210 g/mol. The first-order valence-electron chi connectivity index (χ1n) is 5.40. The van der Waals surface area contributed by atoms with Gasteiger partial charge < -0.3 is 0 Å². The zero-order valence-corrected chi connectivity index (χ0v) is 9.33. The molecule has 0 spiro atoms. The molecule has 1 aliphatic rings. The van der Waals surface area contributed by atoms with E-state index in [0.29, 0.717) is 23.1 Å². The summed E-state index contributed by atoms with van der Waals surface area (Å²) in [5.74, 6) is 0.730. The SMILES string of the molecule is O=C(CC1CCCC1)c1ccc(Cl)cn1. The molecule has 0 saturated heterocycles. The molecule has 1 aromatic rings. The van der Waals surface area contributed by atoms with E-state index in [1.807, 2.05) is 0 Å².